The van der Waals surface area contributed by atoms with Crippen molar-refractivity contribution in [2.24, 2.45) is 16.1 Å². The van der Waals surface area contributed by atoms with E-state index in [2.05, 4.69) is 45.6 Å². The Labute approximate surface area is 211 Å². The molecule has 2 amide bonds. The highest BCUT2D eigenvalue weighted by Crippen LogP contribution is 2.47. The molecule has 1 aliphatic carbocycles. The molecule has 188 valence electrons. The summed E-state index contributed by atoms with van der Waals surface area (Å²) in [5, 5.41) is 8.58. The predicted molar refractivity (Wildman–Crippen MR) is 135 cm³/mol. The molecule has 2 saturated heterocycles. The molecule has 0 spiro atoms. The van der Waals surface area contributed by atoms with Gasteiger partial charge in [-0.2, -0.15) is 5.43 Å². The first kappa shape index (κ1) is 23.1. The Kier molecular flexibility index (Phi) is 5.76. The fraction of sp³-hybridized carbons (Fsp3) is 0.481. The van der Waals surface area contributed by atoms with Crippen molar-refractivity contribution < 1.29 is 9.59 Å². The lowest BCUT2D eigenvalue weighted by Crippen LogP contribution is -2.51. The molecular formula is C27H33N7O2. The molecule has 2 fully saturated rings. The number of nitrogens with zero attached hydrogens (tertiary/aromatic N) is 4. The summed E-state index contributed by atoms with van der Waals surface area (Å²) in [6.45, 7) is 5.29. The van der Waals surface area contributed by atoms with E-state index in [0.717, 1.165) is 85.2 Å². The highest BCUT2D eigenvalue weighted by atomic mass is 16.2. The van der Waals surface area contributed by atoms with Gasteiger partial charge in [0.05, 0.1) is 5.41 Å². The zero-order valence-corrected chi connectivity index (χ0v) is 20.7. The minimum absolute atomic E-state index is 0.0892. The molecule has 2 aromatic carbocycles. The zero-order valence-electron chi connectivity index (χ0n) is 20.7. The second-order valence-corrected chi connectivity index (χ2v) is 10.6. The summed E-state index contributed by atoms with van der Waals surface area (Å²) >= 11 is 0. The van der Waals surface area contributed by atoms with Crippen LogP contribution in [0.4, 0.5) is 0 Å². The minimum atomic E-state index is -0.612. The van der Waals surface area contributed by atoms with Gasteiger partial charge in [0.25, 0.3) is 11.8 Å². The Morgan fingerprint density at radius 3 is 1.89 bits per heavy atom. The molecule has 2 atom stereocenters. The van der Waals surface area contributed by atoms with E-state index in [1.807, 2.05) is 28.9 Å². The van der Waals surface area contributed by atoms with Gasteiger partial charge in [-0.3, -0.25) is 9.59 Å². The normalized spacial score (nSPS) is 22.4. The molecule has 6 rings (SSSR count). The number of nitrogens with two attached hydrogens (primary N) is 1. The van der Waals surface area contributed by atoms with Crippen molar-refractivity contribution >= 4 is 11.8 Å². The summed E-state index contributed by atoms with van der Waals surface area (Å²) in [7, 11) is 0. The second kappa shape index (κ2) is 8.97. The van der Waals surface area contributed by atoms with Crippen LogP contribution in [0.15, 0.2) is 46.7 Å². The van der Waals surface area contributed by atoms with E-state index in [-0.39, 0.29) is 24.0 Å². The van der Waals surface area contributed by atoms with E-state index in [9.17, 15) is 9.59 Å². The average molecular weight is 488 g/mol. The Balaban J connectivity index is 1.50. The molecule has 0 saturated carbocycles. The third kappa shape index (κ3) is 3.69. The van der Waals surface area contributed by atoms with Gasteiger partial charge in [-0.25, -0.2) is 5.53 Å². The molecule has 1 unspecified atom stereocenters. The lowest BCUT2D eigenvalue weighted by molar-refractivity contribution is 0.0644. The number of amides is 2. The largest absolute Gasteiger partial charge is 0.339 e. The van der Waals surface area contributed by atoms with Gasteiger partial charge in [-0.15, -0.1) is 5.11 Å². The molecule has 4 aliphatic rings. The number of carbonyl (C=O) groups excluding carboxylic acids is 2. The highest BCUT2D eigenvalue weighted by molar-refractivity contribution is 5.96. The maximum absolute atomic E-state index is 13.0. The number of hydrogen-bond donors (Lipinski definition) is 3. The summed E-state index contributed by atoms with van der Waals surface area (Å²) in [6.07, 6.45) is 3.91. The lowest BCUT2D eigenvalue weighted by atomic mass is 9.66. The number of carbonyl (C=O) groups is 2. The number of aryl methyl sites for hydroxylation is 2. The SMILES string of the molecule is C[C@H](N)CC1(C2N=NNN2)c2ccc(C(=O)N3CCC3)cc2CCc2cc(C(=O)N3CCC3)ccc21. The minimum Gasteiger partial charge on any atom is -0.339 e. The van der Waals surface area contributed by atoms with Crippen molar-refractivity contribution in [1.82, 2.24) is 20.8 Å². The standard InChI is InChI=1S/C27H33N7O2/c1-17(28)16-27(26-29-31-32-30-26)22-8-6-20(24(35)33-10-2-11-33)14-18(22)4-5-19-15-21(7-9-23(19)27)25(36)34-12-3-13-34/h6-9,14-15,17,26H,2-5,10-13,16,28H2,1H3,(H,29,32)(H,30,31)/t17-/m0/s1. The molecule has 3 heterocycles. The van der Waals surface area contributed by atoms with Crippen LogP contribution in [0.2, 0.25) is 0 Å². The molecule has 0 aromatic heterocycles. The summed E-state index contributed by atoms with van der Waals surface area (Å²) in [5.74, 6) is 0.178. The predicted octanol–water partition coefficient (Wildman–Crippen LogP) is 2.30. The first-order chi connectivity index (χ1) is 17.5. The van der Waals surface area contributed by atoms with Crippen LogP contribution in [0, 0.1) is 0 Å². The van der Waals surface area contributed by atoms with E-state index in [0.29, 0.717) is 6.42 Å². The van der Waals surface area contributed by atoms with Crippen LogP contribution in [0.5, 0.6) is 0 Å². The van der Waals surface area contributed by atoms with Gasteiger partial charge in [-0.1, -0.05) is 17.4 Å². The zero-order chi connectivity index (χ0) is 24.9. The Morgan fingerprint density at radius 2 is 1.50 bits per heavy atom. The number of likely N-dealkylation sites (tertiary alicyclic amines) is 2. The molecule has 36 heavy (non-hydrogen) atoms. The van der Waals surface area contributed by atoms with E-state index in [4.69, 9.17) is 5.73 Å². The van der Waals surface area contributed by atoms with Gasteiger partial charge in [0.2, 0.25) is 0 Å². The topological polar surface area (TPSA) is 115 Å². The van der Waals surface area contributed by atoms with E-state index in [1.165, 1.54) is 0 Å². The summed E-state index contributed by atoms with van der Waals surface area (Å²) < 4.78 is 0. The van der Waals surface area contributed by atoms with Crippen molar-refractivity contribution in [2.75, 3.05) is 26.2 Å². The van der Waals surface area contributed by atoms with Crippen molar-refractivity contribution in [3.8, 4) is 0 Å². The Hall–Kier alpha value is -3.30. The monoisotopic (exact) mass is 487 g/mol. The molecule has 0 radical (unpaired) electrons. The van der Waals surface area contributed by atoms with Gasteiger partial charge < -0.3 is 15.5 Å². The van der Waals surface area contributed by atoms with Crippen LogP contribution in [-0.2, 0) is 18.3 Å². The van der Waals surface area contributed by atoms with Crippen molar-refractivity contribution in [3.63, 3.8) is 0 Å². The number of hydrazine groups is 1. The van der Waals surface area contributed by atoms with Gasteiger partial charge in [0.1, 0.15) is 0 Å². The molecule has 2 aromatic rings. The second-order valence-electron chi connectivity index (χ2n) is 10.6. The van der Waals surface area contributed by atoms with Crippen LogP contribution in [0.3, 0.4) is 0 Å². The van der Waals surface area contributed by atoms with Gasteiger partial charge >= 0.3 is 0 Å². The maximum atomic E-state index is 13.0. The van der Waals surface area contributed by atoms with E-state index in [1.54, 1.807) is 0 Å². The van der Waals surface area contributed by atoms with Crippen LogP contribution < -0.4 is 16.7 Å². The van der Waals surface area contributed by atoms with Crippen molar-refractivity contribution in [2.45, 2.75) is 56.7 Å². The first-order valence-electron chi connectivity index (χ1n) is 13.0. The Bertz CT molecular complexity index is 1160. The van der Waals surface area contributed by atoms with Crippen molar-refractivity contribution in [1.29, 1.82) is 0 Å². The third-order valence-corrected chi connectivity index (χ3v) is 8.15. The fourth-order valence-corrected chi connectivity index (χ4v) is 6.12. The van der Waals surface area contributed by atoms with Crippen LogP contribution in [-0.4, -0.2) is 60.0 Å². The van der Waals surface area contributed by atoms with Crippen LogP contribution >= 0.6 is 0 Å². The average Bonchev–Trinajstić information content (AvgIpc) is 3.30. The smallest absolute Gasteiger partial charge is 0.253 e. The molecule has 4 N–H and O–H groups in total. The Morgan fingerprint density at radius 1 is 0.972 bits per heavy atom. The molecule has 9 heteroatoms. The number of benzene rings is 2. The maximum Gasteiger partial charge on any atom is 0.253 e. The lowest BCUT2D eigenvalue weighted by Gasteiger charge is -2.40. The molecule has 3 aliphatic heterocycles. The van der Waals surface area contributed by atoms with Crippen LogP contribution in [0.1, 0.15) is 69.2 Å². The van der Waals surface area contributed by atoms with E-state index >= 15 is 0 Å². The van der Waals surface area contributed by atoms with E-state index < -0.39 is 5.41 Å². The van der Waals surface area contributed by atoms with Crippen molar-refractivity contribution in [3.05, 3.63) is 69.8 Å². The van der Waals surface area contributed by atoms with Gasteiger partial charge in [0.15, 0.2) is 6.17 Å². The van der Waals surface area contributed by atoms with Gasteiger partial charge in [0, 0.05) is 43.3 Å². The number of rotatable bonds is 5. The van der Waals surface area contributed by atoms with Crippen LogP contribution in [0.25, 0.3) is 0 Å². The summed E-state index contributed by atoms with van der Waals surface area (Å²) in [5.41, 5.74) is 17.8. The number of fused-ring (bicyclic) bond motifs is 2. The first-order valence-corrected chi connectivity index (χ1v) is 13.0. The highest BCUT2D eigenvalue weighted by Gasteiger charge is 2.48. The third-order valence-electron chi connectivity index (χ3n) is 8.15. The number of hydrogen-bond acceptors (Lipinski definition) is 7. The summed E-state index contributed by atoms with van der Waals surface area (Å²) in [4.78, 5) is 29.9. The molecular weight excluding hydrogens is 454 g/mol. The summed E-state index contributed by atoms with van der Waals surface area (Å²) in [6, 6.07) is 12.1. The van der Waals surface area contributed by atoms with Gasteiger partial charge in [-0.05, 0) is 85.5 Å². The number of nitrogens with one attached hydrogen (secondary N) is 2. The molecule has 0 bridgehead atoms. The molecule has 9 nitrogen and oxygen atoms in total. The quantitative estimate of drug-likeness (QED) is 0.599. The fourth-order valence-electron chi connectivity index (χ4n) is 6.12.